The third-order valence-corrected chi connectivity index (χ3v) is 2.86. The van der Waals surface area contributed by atoms with Crippen LogP contribution in [0.4, 0.5) is 4.39 Å². The summed E-state index contributed by atoms with van der Waals surface area (Å²) in [4.78, 5) is 4.06. The van der Waals surface area contributed by atoms with Crippen LogP contribution in [0.5, 0.6) is 0 Å². The van der Waals surface area contributed by atoms with E-state index in [2.05, 4.69) is 10.4 Å². The van der Waals surface area contributed by atoms with Crippen LogP contribution >= 0.6 is 0 Å². The molecule has 2 rings (SSSR count). The molecule has 1 heterocycles. The third kappa shape index (κ3) is 2.20. The normalized spacial score (nSPS) is 12.7. The number of nitrogens with zero attached hydrogens (tertiary/aromatic N) is 2. The predicted octanol–water partition coefficient (Wildman–Crippen LogP) is 1.42. The molecule has 4 nitrogen and oxygen atoms in total. The fourth-order valence-corrected chi connectivity index (χ4v) is 1.94. The Kier molecular flexibility index (Phi) is 3.21. The zero-order valence-corrected chi connectivity index (χ0v) is 9.81. The van der Waals surface area contributed by atoms with Crippen molar-refractivity contribution in [3.8, 4) is 0 Å². The van der Waals surface area contributed by atoms with Gasteiger partial charge in [-0.2, -0.15) is 0 Å². The average Bonchev–Trinajstić information content (AvgIpc) is 2.69. The molecular weight excluding hydrogens is 219 g/mol. The second-order valence-electron chi connectivity index (χ2n) is 4.03. The van der Waals surface area contributed by atoms with Gasteiger partial charge in [0.25, 0.3) is 0 Å². The number of nitrogens with two attached hydrogens (primary N) is 1. The quantitative estimate of drug-likeness (QED) is 0.624. The SMILES string of the molecule is Cc1cc(F)ccc1C(NN)c1cncn1C. The van der Waals surface area contributed by atoms with E-state index in [9.17, 15) is 4.39 Å². The molecule has 3 N–H and O–H groups in total. The van der Waals surface area contributed by atoms with Crippen molar-refractivity contribution >= 4 is 0 Å². The summed E-state index contributed by atoms with van der Waals surface area (Å²) in [7, 11) is 1.89. The minimum atomic E-state index is -0.243. The number of aryl methyl sites for hydroxylation is 2. The standard InChI is InChI=1S/C12H15FN4/c1-8-5-9(13)3-4-10(8)12(16-14)11-6-15-7-17(11)2/h3-7,12,16H,14H2,1-2H3. The lowest BCUT2D eigenvalue weighted by Crippen LogP contribution is -2.30. The van der Waals surface area contributed by atoms with Crippen molar-refractivity contribution in [1.82, 2.24) is 15.0 Å². The molecule has 1 unspecified atom stereocenters. The Morgan fingerprint density at radius 2 is 2.24 bits per heavy atom. The molecule has 0 aliphatic carbocycles. The second kappa shape index (κ2) is 4.65. The highest BCUT2D eigenvalue weighted by atomic mass is 19.1. The van der Waals surface area contributed by atoms with E-state index in [0.29, 0.717) is 0 Å². The Balaban J connectivity index is 2.46. The van der Waals surface area contributed by atoms with Gasteiger partial charge >= 0.3 is 0 Å². The molecular formula is C12H15FN4. The summed E-state index contributed by atoms with van der Waals surface area (Å²) >= 11 is 0. The zero-order chi connectivity index (χ0) is 12.4. The number of imidazole rings is 1. The number of rotatable bonds is 3. The lowest BCUT2D eigenvalue weighted by molar-refractivity contribution is 0.588. The van der Waals surface area contributed by atoms with E-state index in [1.54, 1.807) is 18.6 Å². The number of benzene rings is 1. The fourth-order valence-electron chi connectivity index (χ4n) is 1.94. The maximum absolute atomic E-state index is 13.1. The first-order valence-corrected chi connectivity index (χ1v) is 5.32. The molecule has 5 heteroatoms. The molecule has 0 bridgehead atoms. The van der Waals surface area contributed by atoms with Gasteiger partial charge in [0.05, 0.1) is 24.3 Å². The first-order chi connectivity index (χ1) is 8.13. The van der Waals surface area contributed by atoms with Crippen molar-refractivity contribution in [3.63, 3.8) is 0 Å². The van der Waals surface area contributed by atoms with Gasteiger partial charge in [0.15, 0.2) is 0 Å². The third-order valence-electron chi connectivity index (χ3n) is 2.86. The van der Waals surface area contributed by atoms with E-state index in [1.165, 1.54) is 12.1 Å². The number of hydrogen-bond donors (Lipinski definition) is 2. The Morgan fingerprint density at radius 3 is 2.76 bits per heavy atom. The van der Waals surface area contributed by atoms with Crippen molar-refractivity contribution in [2.24, 2.45) is 12.9 Å². The molecule has 0 aliphatic rings. The van der Waals surface area contributed by atoms with Gasteiger partial charge in [-0.1, -0.05) is 6.07 Å². The van der Waals surface area contributed by atoms with Crippen LogP contribution in [0.15, 0.2) is 30.7 Å². The van der Waals surface area contributed by atoms with E-state index < -0.39 is 0 Å². The molecule has 0 amide bonds. The summed E-state index contributed by atoms with van der Waals surface area (Å²) in [6.45, 7) is 1.86. The smallest absolute Gasteiger partial charge is 0.123 e. The van der Waals surface area contributed by atoms with Crippen molar-refractivity contribution in [2.45, 2.75) is 13.0 Å². The molecule has 0 saturated carbocycles. The predicted molar refractivity (Wildman–Crippen MR) is 63.5 cm³/mol. The van der Waals surface area contributed by atoms with E-state index in [-0.39, 0.29) is 11.9 Å². The number of hydrogen-bond acceptors (Lipinski definition) is 3. The minimum absolute atomic E-state index is 0.192. The molecule has 90 valence electrons. The molecule has 0 aliphatic heterocycles. The average molecular weight is 234 g/mol. The highest BCUT2D eigenvalue weighted by molar-refractivity contribution is 5.34. The number of halogens is 1. The monoisotopic (exact) mass is 234 g/mol. The van der Waals surface area contributed by atoms with Gasteiger partial charge in [0, 0.05) is 7.05 Å². The molecule has 0 radical (unpaired) electrons. The number of nitrogens with one attached hydrogen (secondary N) is 1. The van der Waals surface area contributed by atoms with Gasteiger partial charge in [0.1, 0.15) is 5.82 Å². The van der Waals surface area contributed by atoms with Crippen LogP contribution in [0.3, 0.4) is 0 Å². The summed E-state index contributed by atoms with van der Waals surface area (Å²) in [5.74, 6) is 5.34. The van der Waals surface area contributed by atoms with Crippen molar-refractivity contribution < 1.29 is 4.39 Å². The molecule has 0 fully saturated rings. The van der Waals surface area contributed by atoms with Crippen molar-refractivity contribution in [1.29, 1.82) is 0 Å². The minimum Gasteiger partial charge on any atom is -0.336 e. The van der Waals surface area contributed by atoms with Crippen LogP contribution in [0.25, 0.3) is 0 Å². The summed E-state index contributed by atoms with van der Waals surface area (Å²) in [6, 6.07) is 4.48. The van der Waals surface area contributed by atoms with Gasteiger partial charge in [-0.05, 0) is 30.2 Å². The van der Waals surface area contributed by atoms with Crippen molar-refractivity contribution in [3.05, 3.63) is 53.4 Å². The van der Waals surface area contributed by atoms with E-state index in [1.807, 2.05) is 18.5 Å². The first kappa shape index (κ1) is 11.8. The van der Waals surface area contributed by atoms with E-state index >= 15 is 0 Å². The maximum Gasteiger partial charge on any atom is 0.123 e. The zero-order valence-electron chi connectivity index (χ0n) is 9.81. The van der Waals surface area contributed by atoms with Crippen LogP contribution in [0.2, 0.25) is 0 Å². The highest BCUT2D eigenvalue weighted by Crippen LogP contribution is 2.24. The largest absolute Gasteiger partial charge is 0.336 e. The fraction of sp³-hybridized carbons (Fsp3) is 0.250. The van der Waals surface area contributed by atoms with Crippen LogP contribution in [-0.4, -0.2) is 9.55 Å². The van der Waals surface area contributed by atoms with Gasteiger partial charge in [-0.25, -0.2) is 14.8 Å². The van der Waals surface area contributed by atoms with Crippen LogP contribution < -0.4 is 11.3 Å². The highest BCUT2D eigenvalue weighted by Gasteiger charge is 2.17. The molecule has 1 atom stereocenters. The Morgan fingerprint density at radius 1 is 1.47 bits per heavy atom. The Labute approximate surface area is 99.2 Å². The molecule has 17 heavy (non-hydrogen) atoms. The van der Waals surface area contributed by atoms with Gasteiger partial charge < -0.3 is 4.57 Å². The molecule has 0 saturated heterocycles. The molecule has 0 spiro atoms. The lowest BCUT2D eigenvalue weighted by Gasteiger charge is -2.19. The summed E-state index contributed by atoms with van der Waals surface area (Å²) in [5.41, 5.74) is 5.47. The second-order valence-corrected chi connectivity index (χ2v) is 4.03. The maximum atomic E-state index is 13.1. The number of aromatic nitrogens is 2. The number of hydrazine groups is 1. The van der Waals surface area contributed by atoms with Crippen LogP contribution in [0.1, 0.15) is 22.9 Å². The molecule has 1 aromatic carbocycles. The summed E-state index contributed by atoms with van der Waals surface area (Å²) in [5, 5.41) is 0. The molecule has 2 aromatic rings. The van der Waals surface area contributed by atoms with E-state index in [0.717, 1.165) is 16.8 Å². The van der Waals surface area contributed by atoms with E-state index in [4.69, 9.17) is 5.84 Å². The first-order valence-electron chi connectivity index (χ1n) is 5.32. The topological polar surface area (TPSA) is 55.9 Å². The lowest BCUT2D eigenvalue weighted by atomic mass is 9.99. The molecule has 1 aromatic heterocycles. The Bertz CT molecular complexity index is 521. The van der Waals surface area contributed by atoms with Gasteiger partial charge in [0.2, 0.25) is 0 Å². The van der Waals surface area contributed by atoms with Crippen LogP contribution in [-0.2, 0) is 7.05 Å². The van der Waals surface area contributed by atoms with Crippen LogP contribution in [0, 0.1) is 12.7 Å². The summed E-state index contributed by atoms with van der Waals surface area (Å²) in [6.07, 6.45) is 3.45. The summed E-state index contributed by atoms with van der Waals surface area (Å²) < 4.78 is 14.9. The van der Waals surface area contributed by atoms with Crippen molar-refractivity contribution in [2.75, 3.05) is 0 Å². The Hall–Kier alpha value is -1.72. The van der Waals surface area contributed by atoms with Gasteiger partial charge in [-0.3, -0.25) is 5.84 Å². The van der Waals surface area contributed by atoms with Gasteiger partial charge in [-0.15, -0.1) is 0 Å².